The van der Waals surface area contributed by atoms with E-state index in [0.29, 0.717) is 16.4 Å². The fourth-order valence-corrected chi connectivity index (χ4v) is 4.77. The molecule has 1 aromatic heterocycles. The van der Waals surface area contributed by atoms with E-state index in [1.165, 1.54) is 23.5 Å². The van der Waals surface area contributed by atoms with Crippen LogP contribution in [0, 0.1) is 32.4 Å². The third-order valence-corrected chi connectivity index (χ3v) is 7.01. The molecule has 31 heavy (non-hydrogen) atoms. The van der Waals surface area contributed by atoms with E-state index in [4.69, 9.17) is 0 Å². The van der Waals surface area contributed by atoms with Gasteiger partial charge in [0.05, 0.1) is 10.6 Å². The molecule has 0 atom stereocenters. The van der Waals surface area contributed by atoms with Crippen molar-refractivity contribution in [3.05, 3.63) is 64.0 Å². The van der Waals surface area contributed by atoms with Crippen molar-refractivity contribution in [2.24, 2.45) is 0 Å². The van der Waals surface area contributed by atoms with Crippen molar-refractivity contribution in [3.8, 4) is 11.3 Å². The molecule has 2 aromatic carbocycles. The van der Waals surface area contributed by atoms with Gasteiger partial charge in [0.15, 0.2) is 16.8 Å². The number of thiazole rings is 1. The average molecular weight is 466 g/mol. The topological polar surface area (TPSA) is 88.2 Å². The summed E-state index contributed by atoms with van der Waals surface area (Å²) >= 11 is 1.19. The zero-order chi connectivity index (χ0) is 22.8. The van der Waals surface area contributed by atoms with Crippen LogP contribution in [0.1, 0.15) is 22.4 Å². The highest BCUT2D eigenvalue weighted by molar-refractivity contribution is 7.89. The van der Waals surface area contributed by atoms with Crippen LogP contribution >= 0.6 is 11.3 Å². The van der Waals surface area contributed by atoms with E-state index in [1.807, 2.05) is 13.8 Å². The molecule has 0 bridgehead atoms. The summed E-state index contributed by atoms with van der Waals surface area (Å²) in [5, 5.41) is 2.90. The predicted octanol–water partition coefficient (Wildman–Crippen LogP) is 4.32. The van der Waals surface area contributed by atoms with Crippen LogP contribution in [0.4, 0.5) is 13.9 Å². The van der Waals surface area contributed by atoms with Gasteiger partial charge in [-0.25, -0.2) is 26.9 Å². The number of aromatic nitrogens is 1. The first-order valence-electron chi connectivity index (χ1n) is 9.36. The molecule has 2 N–H and O–H groups in total. The molecule has 0 aliphatic rings. The number of aryl methyl sites for hydroxylation is 3. The fourth-order valence-electron chi connectivity index (χ4n) is 2.81. The molecule has 164 valence electrons. The molecular formula is C21H21F2N3O3S2. The number of rotatable bonds is 7. The second kappa shape index (κ2) is 9.21. The quantitative estimate of drug-likeness (QED) is 0.544. The van der Waals surface area contributed by atoms with Crippen LogP contribution < -0.4 is 10.0 Å². The number of carbonyl (C=O) groups excluding carboxylic acids is 1. The monoisotopic (exact) mass is 465 g/mol. The van der Waals surface area contributed by atoms with Crippen LogP contribution in [0.2, 0.25) is 0 Å². The highest BCUT2D eigenvalue weighted by Gasteiger charge is 2.17. The van der Waals surface area contributed by atoms with Crippen molar-refractivity contribution in [2.75, 3.05) is 11.9 Å². The van der Waals surface area contributed by atoms with Crippen molar-refractivity contribution >= 4 is 32.4 Å². The van der Waals surface area contributed by atoms with E-state index < -0.39 is 27.6 Å². The van der Waals surface area contributed by atoms with Gasteiger partial charge in [0.2, 0.25) is 15.9 Å². The Morgan fingerprint density at radius 3 is 2.45 bits per heavy atom. The Labute approximate surface area is 183 Å². The fraction of sp³-hybridized carbons (Fsp3) is 0.238. The minimum atomic E-state index is -3.72. The van der Waals surface area contributed by atoms with Crippen molar-refractivity contribution in [3.63, 3.8) is 0 Å². The van der Waals surface area contributed by atoms with Gasteiger partial charge in [-0.1, -0.05) is 6.07 Å². The Bertz CT molecular complexity index is 1240. The van der Waals surface area contributed by atoms with Crippen LogP contribution in [-0.4, -0.2) is 25.9 Å². The predicted molar refractivity (Wildman–Crippen MR) is 117 cm³/mol. The Balaban J connectivity index is 1.60. The molecule has 1 amide bonds. The minimum Gasteiger partial charge on any atom is -0.302 e. The molecule has 3 rings (SSSR count). The average Bonchev–Trinajstić information content (AvgIpc) is 3.05. The summed E-state index contributed by atoms with van der Waals surface area (Å²) in [6, 6.07) is 8.30. The SMILES string of the molecule is Cc1ccc(S(=O)(=O)NCCC(=O)Nc2nc(-c3ccc(F)c(F)c3)c(C)s2)cc1C. The maximum Gasteiger partial charge on any atom is 0.240 e. The van der Waals surface area contributed by atoms with E-state index in [0.717, 1.165) is 28.1 Å². The maximum atomic E-state index is 13.5. The van der Waals surface area contributed by atoms with Crippen molar-refractivity contribution in [1.29, 1.82) is 0 Å². The molecule has 0 fully saturated rings. The number of nitrogens with one attached hydrogen (secondary N) is 2. The summed E-state index contributed by atoms with van der Waals surface area (Å²) in [7, 11) is -3.72. The number of amides is 1. The Hall–Kier alpha value is -2.69. The lowest BCUT2D eigenvalue weighted by Gasteiger charge is -2.08. The third kappa shape index (κ3) is 5.52. The number of hydrogen-bond donors (Lipinski definition) is 2. The number of anilines is 1. The van der Waals surface area contributed by atoms with Crippen LogP contribution in [-0.2, 0) is 14.8 Å². The molecule has 0 saturated carbocycles. The van der Waals surface area contributed by atoms with E-state index in [-0.39, 0.29) is 17.9 Å². The summed E-state index contributed by atoms with van der Waals surface area (Å²) in [5.74, 6) is -2.35. The molecule has 10 heteroatoms. The van der Waals surface area contributed by atoms with E-state index in [9.17, 15) is 22.0 Å². The van der Waals surface area contributed by atoms with Crippen LogP contribution in [0.15, 0.2) is 41.3 Å². The van der Waals surface area contributed by atoms with E-state index in [1.54, 1.807) is 19.1 Å². The van der Waals surface area contributed by atoms with Gasteiger partial charge >= 0.3 is 0 Å². The number of nitrogens with zero attached hydrogens (tertiary/aromatic N) is 1. The standard InChI is InChI=1S/C21H21F2N3O3S2/c1-12-4-6-16(10-13(12)2)31(28,29)24-9-8-19(27)25-21-26-20(14(3)30-21)15-5-7-17(22)18(23)11-15/h4-7,10-11,24H,8-9H2,1-3H3,(H,25,26,27). The molecular weight excluding hydrogens is 444 g/mol. The Morgan fingerprint density at radius 2 is 1.77 bits per heavy atom. The lowest BCUT2D eigenvalue weighted by molar-refractivity contribution is -0.116. The summed E-state index contributed by atoms with van der Waals surface area (Å²) in [6.07, 6.45) is -0.0940. The Kier molecular flexibility index (Phi) is 6.83. The first-order valence-corrected chi connectivity index (χ1v) is 11.7. The second-order valence-electron chi connectivity index (χ2n) is 6.99. The van der Waals surface area contributed by atoms with Gasteiger partial charge in [-0.05, 0) is 62.2 Å². The zero-order valence-corrected chi connectivity index (χ0v) is 18.8. The summed E-state index contributed by atoms with van der Waals surface area (Å²) in [6.45, 7) is 5.39. The van der Waals surface area contributed by atoms with E-state index >= 15 is 0 Å². The van der Waals surface area contributed by atoms with Crippen molar-refractivity contribution in [1.82, 2.24) is 9.71 Å². The Morgan fingerprint density at radius 1 is 1.03 bits per heavy atom. The molecule has 1 heterocycles. The largest absolute Gasteiger partial charge is 0.302 e. The van der Waals surface area contributed by atoms with Crippen molar-refractivity contribution in [2.45, 2.75) is 32.1 Å². The number of sulfonamides is 1. The molecule has 0 radical (unpaired) electrons. The third-order valence-electron chi connectivity index (χ3n) is 4.67. The molecule has 0 spiro atoms. The molecule has 0 aliphatic heterocycles. The first kappa shape index (κ1) is 23.0. The van der Waals surface area contributed by atoms with E-state index in [2.05, 4.69) is 15.0 Å². The minimum absolute atomic E-state index is 0.0819. The molecule has 3 aromatic rings. The first-order chi connectivity index (χ1) is 14.6. The lowest BCUT2D eigenvalue weighted by Crippen LogP contribution is -2.28. The number of halogens is 2. The van der Waals surface area contributed by atoms with Crippen LogP contribution in [0.3, 0.4) is 0 Å². The molecule has 0 saturated heterocycles. The number of hydrogen-bond acceptors (Lipinski definition) is 5. The zero-order valence-electron chi connectivity index (χ0n) is 17.1. The normalized spacial score (nSPS) is 11.5. The van der Waals surface area contributed by atoms with Crippen LogP contribution in [0.5, 0.6) is 0 Å². The van der Waals surface area contributed by atoms with Gasteiger partial charge in [0, 0.05) is 23.4 Å². The van der Waals surface area contributed by atoms with Crippen molar-refractivity contribution < 1.29 is 22.0 Å². The van der Waals surface area contributed by atoms with Crippen LogP contribution in [0.25, 0.3) is 11.3 Å². The molecule has 0 aliphatic carbocycles. The number of benzene rings is 2. The highest BCUT2D eigenvalue weighted by atomic mass is 32.2. The van der Waals surface area contributed by atoms with Gasteiger partial charge in [0.25, 0.3) is 0 Å². The maximum absolute atomic E-state index is 13.5. The summed E-state index contributed by atoms with van der Waals surface area (Å²) in [4.78, 5) is 17.3. The van der Waals surface area contributed by atoms with Gasteiger partial charge < -0.3 is 5.32 Å². The lowest BCUT2D eigenvalue weighted by atomic mass is 10.1. The summed E-state index contributed by atoms with van der Waals surface area (Å²) in [5.41, 5.74) is 2.68. The summed E-state index contributed by atoms with van der Waals surface area (Å²) < 4.78 is 53.8. The van der Waals surface area contributed by atoms with Gasteiger partial charge in [-0.3, -0.25) is 4.79 Å². The molecule has 6 nitrogen and oxygen atoms in total. The number of carbonyl (C=O) groups is 1. The van der Waals surface area contributed by atoms with Gasteiger partial charge in [0.1, 0.15) is 0 Å². The second-order valence-corrected chi connectivity index (χ2v) is 9.96. The smallest absolute Gasteiger partial charge is 0.240 e. The highest BCUT2D eigenvalue weighted by Crippen LogP contribution is 2.31. The molecule has 0 unspecified atom stereocenters. The van der Waals surface area contributed by atoms with Gasteiger partial charge in [-0.15, -0.1) is 11.3 Å². The van der Waals surface area contributed by atoms with Gasteiger partial charge in [-0.2, -0.15) is 0 Å².